The number of Topliss-reactive ketones (excluding diaryl/α,β-unsaturated/α-hetero) is 1. The zero-order valence-electron chi connectivity index (χ0n) is 10.5. The number of aromatic nitrogens is 2. The molecular weight excluding hydrogens is 248 g/mol. The van der Waals surface area contributed by atoms with Crippen LogP contribution in [0.4, 0.5) is 0 Å². The Morgan fingerprint density at radius 2 is 2.00 bits per heavy atom. The molecule has 18 heavy (non-hydrogen) atoms. The van der Waals surface area contributed by atoms with E-state index in [0.29, 0.717) is 10.6 Å². The van der Waals surface area contributed by atoms with E-state index in [9.17, 15) is 4.79 Å². The molecular formula is C14H15ClN2O. The van der Waals surface area contributed by atoms with Gasteiger partial charge in [-0.2, -0.15) is 5.10 Å². The van der Waals surface area contributed by atoms with E-state index in [0.717, 1.165) is 12.1 Å². The summed E-state index contributed by atoms with van der Waals surface area (Å²) in [5.41, 5.74) is 2.75. The molecule has 0 saturated heterocycles. The number of carbonyl (C=O) groups is 1. The fraction of sp³-hybridized carbons (Fsp3) is 0.286. The number of rotatable bonds is 4. The molecule has 0 N–H and O–H groups in total. The highest BCUT2D eigenvalue weighted by molar-refractivity contribution is 6.31. The zero-order valence-corrected chi connectivity index (χ0v) is 11.2. The van der Waals surface area contributed by atoms with Crippen LogP contribution in [0.5, 0.6) is 0 Å². The molecule has 2 rings (SSSR count). The van der Waals surface area contributed by atoms with Crippen molar-refractivity contribution < 1.29 is 4.79 Å². The molecule has 0 spiro atoms. The van der Waals surface area contributed by atoms with E-state index in [1.165, 1.54) is 5.56 Å². The minimum atomic E-state index is 0.0421. The molecule has 3 nitrogen and oxygen atoms in total. The van der Waals surface area contributed by atoms with Crippen molar-refractivity contribution in [1.29, 1.82) is 0 Å². The molecule has 0 fully saturated rings. The molecule has 1 aromatic carbocycles. The van der Waals surface area contributed by atoms with Crippen LogP contribution in [-0.4, -0.2) is 15.6 Å². The molecule has 4 heteroatoms. The fourth-order valence-corrected chi connectivity index (χ4v) is 1.88. The van der Waals surface area contributed by atoms with E-state index in [-0.39, 0.29) is 12.3 Å². The summed E-state index contributed by atoms with van der Waals surface area (Å²) in [5, 5.41) is 4.67. The van der Waals surface area contributed by atoms with E-state index in [2.05, 4.69) is 12.0 Å². The van der Waals surface area contributed by atoms with Crippen LogP contribution in [0, 0.1) is 6.92 Å². The minimum Gasteiger partial charge on any atom is -0.292 e. The number of ketones is 1. The highest BCUT2D eigenvalue weighted by atomic mass is 35.5. The van der Waals surface area contributed by atoms with Crippen molar-refractivity contribution in [3.05, 3.63) is 52.3 Å². The fourth-order valence-electron chi connectivity index (χ4n) is 1.74. The van der Waals surface area contributed by atoms with Crippen LogP contribution in [0.2, 0.25) is 5.02 Å². The van der Waals surface area contributed by atoms with Gasteiger partial charge in [-0.15, -0.1) is 0 Å². The van der Waals surface area contributed by atoms with Crippen molar-refractivity contribution in [2.24, 2.45) is 0 Å². The Balaban J connectivity index is 2.14. The average molecular weight is 263 g/mol. The van der Waals surface area contributed by atoms with Gasteiger partial charge < -0.3 is 0 Å². The predicted molar refractivity (Wildman–Crippen MR) is 72.1 cm³/mol. The number of nitrogens with zero attached hydrogens (tertiary/aromatic N) is 2. The Kier molecular flexibility index (Phi) is 3.82. The van der Waals surface area contributed by atoms with Gasteiger partial charge in [0.15, 0.2) is 5.78 Å². The molecule has 0 bridgehead atoms. The molecule has 0 unspecified atom stereocenters. The molecule has 1 aromatic heterocycles. The summed E-state index contributed by atoms with van der Waals surface area (Å²) in [4.78, 5) is 12.1. The molecule has 0 atom stereocenters. The lowest BCUT2D eigenvalue weighted by Crippen LogP contribution is -2.12. The van der Waals surface area contributed by atoms with Gasteiger partial charge in [-0.05, 0) is 18.9 Å². The van der Waals surface area contributed by atoms with Crippen LogP contribution in [0.15, 0.2) is 30.5 Å². The summed E-state index contributed by atoms with van der Waals surface area (Å²) >= 11 is 5.90. The highest BCUT2D eigenvalue weighted by Gasteiger charge is 2.10. The van der Waals surface area contributed by atoms with Gasteiger partial charge in [0.05, 0.1) is 16.9 Å². The Bertz CT molecular complexity index is 558. The standard InChI is InChI=1S/C14H15ClN2O/c1-3-11-4-6-12(7-5-11)14(18)9-17-10(2)13(15)8-16-17/h4-8H,3,9H2,1-2H3. The third-order valence-electron chi connectivity index (χ3n) is 3.02. The van der Waals surface area contributed by atoms with Crippen LogP contribution >= 0.6 is 11.6 Å². The van der Waals surface area contributed by atoms with Gasteiger partial charge in [0.1, 0.15) is 6.54 Å². The normalized spacial score (nSPS) is 10.6. The maximum atomic E-state index is 12.1. The first kappa shape index (κ1) is 12.8. The molecule has 0 saturated carbocycles. The largest absolute Gasteiger partial charge is 0.292 e. The topological polar surface area (TPSA) is 34.9 Å². The molecule has 2 aromatic rings. The summed E-state index contributed by atoms with van der Waals surface area (Å²) in [6.07, 6.45) is 2.53. The van der Waals surface area contributed by atoms with Gasteiger partial charge in [0.2, 0.25) is 0 Å². The number of carbonyl (C=O) groups excluding carboxylic acids is 1. The van der Waals surface area contributed by atoms with Crippen LogP contribution < -0.4 is 0 Å². The smallest absolute Gasteiger partial charge is 0.184 e. The summed E-state index contributed by atoms with van der Waals surface area (Å²) in [5.74, 6) is 0.0421. The minimum absolute atomic E-state index is 0.0421. The second-order valence-corrected chi connectivity index (χ2v) is 4.62. The first-order valence-corrected chi connectivity index (χ1v) is 6.29. The molecule has 94 valence electrons. The number of halogens is 1. The van der Waals surface area contributed by atoms with Crippen molar-refractivity contribution in [3.63, 3.8) is 0 Å². The monoisotopic (exact) mass is 262 g/mol. The number of hydrogen-bond donors (Lipinski definition) is 0. The quantitative estimate of drug-likeness (QED) is 0.793. The summed E-state index contributed by atoms with van der Waals surface area (Å²) < 4.78 is 1.62. The average Bonchev–Trinajstić information content (AvgIpc) is 2.71. The lowest BCUT2D eigenvalue weighted by molar-refractivity contribution is 0.0967. The Morgan fingerprint density at radius 3 is 2.50 bits per heavy atom. The van der Waals surface area contributed by atoms with Crippen molar-refractivity contribution >= 4 is 17.4 Å². The van der Waals surface area contributed by atoms with E-state index < -0.39 is 0 Å². The van der Waals surface area contributed by atoms with Crippen molar-refractivity contribution in [2.45, 2.75) is 26.8 Å². The lowest BCUT2D eigenvalue weighted by Gasteiger charge is -2.05. The summed E-state index contributed by atoms with van der Waals surface area (Å²) in [6, 6.07) is 7.69. The van der Waals surface area contributed by atoms with Gasteiger partial charge in [0, 0.05) is 5.56 Å². The maximum absolute atomic E-state index is 12.1. The molecule has 0 aliphatic rings. The van der Waals surface area contributed by atoms with E-state index in [4.69, 9.17) is 11.6 Å². The maximum Gasteiger partial charge on any atom is 0.184 e. The van der Waals surface area contributed by atoms with Gasteiger partial charge in [-0.25, -0.2) is 0 Å². The van der Waals surface area contributed by atoms with Crippen LogP contribution in [0.3, 0.4) is 0 Å². The molecule has 0 amide bonds. The van der Waals surface area contributed by atoms with E-state index in [1.807, 2.05) is 31.2 Å². The zero-order chi connectivity index (χ0) is 13.1. The highest BCUT2D eigenvalue weighted by Crippen LogP contribution is 2.14. The Hall–Kier alpha value is -1.61. The van der Waals surface area contributed by atoms with Crippen LogP contribution in [-0.2, 0) is 13.0 Å². The second kappa shape index (κ2) is 5.36. The first-order valence-electron chi connectivity index (χ1n) is 5.92. The van der Waals surface area contributed by atoms with E-state index in [1.54, 1.807) is 10.9 Å². The van der Waals surface area contributed by atoms with E-state index >= 15 is 0 Å². The Morgan fingerprint density at radius 1 is 1.33 bits per heavy atom. The number of hydrogen-bond acceptors (Lipinski definition) is 2. The third kappa shape index (κ3) is 2.62. The molecule has 1 heterocycles. The van der Waals surface area contributed by atoms with Crippen LogP contribution in [0.1, 0.15) is 28.5 Å². The molecule has 0 aliphatic heterocycles. The first-order chi connectivity index (χ1) is 8.61. The van der Waals surface area contributed by atoms with Gasteiger partial charge >= 0.3 is 0 Å². The Labute approximate surface area is 111 Å². The lowest BCUT2D eigenvalue weighted by atomic mass is 10.1. The van der Waals surface area contributed by atoms with Gasteiger partial charge in [-0.3, -0.25) is 9.48 Å². The van der Waals surface area contributed by atoms with Crippen molar-refractivity contribution in [1.82, 2.24) is 9.78 Å². The SMILES string of the molecule is CCc1ccc(C(=O)Cn2ncc(Cl)c2C)cc1. The molecule has 0 radical (unpaired) electrons. The third-order valence-corrected chi connectivity index (χ3v) is 3.39. The van der Waals surface area contributed by atoms with Crippen molar-refractivity contribution in [2.75, 3.05) is 0 Å². The van der Waals surface area contributed by atoms with Gasteiger partial charge in [0.25, 0.3) is 0 Å². The number of benzene rings is 1. The summed E-state index contributed by atoms with van der Waals surface area (Å²) in [6.45, 7) is 4.17. The van der Waals surface area contributed by atoms with Crippen molar-refractivity contribution in [3.8, 4) is 0 Å². The van der Waals surface area contributed by atoms with Crippen LogP contribution in [0.25, 0.3) is 0 Å². The second-order valence-electron chi connectivity index (χ2n) is 4.21. The summed E-state index contributed by atoms with van der Waals surface area (Å²) in [7, 11) is 0. The number of aryl methyl sites for hydroxylation is 1. The molecule has 0 aliphatic carbocycles. The predicted octanol–water partition coefficient (Wildman–Crippen LogP) is 3.29. The van der Waals surface area contributed by atoms with Gasteiger partial charge in [-0.1, -0.05) is 42.8 Å².